The maximum absolute atomic E-state index is 11.4. The average Bonchev–Trinajstić information content (AvgIpc) is 2.64. The molecule has 0 radical (unpaired) electrons. The Kier molecular flexibility index (Phi) is 4.72. The average molecular weight is 293 g/mol. The van der Waals surface area contributed by atoms with Gasteiger partial charge in [-0.2, -0.15) is 0 Å². The van der Waals surface area contributed by atoms with Gasteiger partial charge in [-0.1, -0.05) is 19.3 Å². The van der Waals surface area contributed by atoms with Crippen molar-refractivity contribution < 1.29 is 14.8 Å². The van der Waals surface area contributed by atoms with E-state index in [9.17, 15) is 20.0 Å². The highest BCUT2D eigenvalue weighted by Crippen LogP contribution is 2.29. The number of hydrogen-bond acceptors (Lipinski definition) is 5. The normalized spacial score (nSPS) is 22.3. The van der Waals surface area contributed by atoms with Crippen molar-refractivity contribution in [2.75, 3.05) is 5.32 Å². The van der Waals surface area contributed by atoms with Gasteiger partial charge in [-0.3, -0.25) is 14.9 Å². The van der Waals surface area contributed by atoms with E-state index >= 15 is 0 Å². The number of carboxylic acid groups (broad SMARTS) is 1. The highest BCUT2D eigenvalue weighted by molar-refractivity contribution is 5.72. The molecule has 7 heteroatoms. The molecule has 1 heterocycles. The number of hydrogen-bond donors (Lipinski definition) is 2. The second kappa shape index (κ2) is 6.51. The molecule has 2 rings (SSSR count). The first-order valence-corrected chi connectivity index (χ1v) is 7.10. The molecule has 0 bridgehead atoms. The van der Waals surface area contributed by atoms with Gasteiger partial charge in [0.15, 0.2) is 0 Å². The second-order valence-electron chi connectivity index (χ2n) is 5.41. The van der Waals surface area contributed by atoms with E-state index in [0.717, 1.165) is 19.3 Å². The van der Waals surface area contributed by atoms with E-state index in [4.69, 9.17) is 0 Å². The molecule has 1 fully saturated rings. The number of aromatic nitrogens is 1. The number of nitrogens with zero attached hydrogens (tertiary/aromatic N) is 2. The first-order chi connectivity index (χ1) is 9.99. The minimum absolute atomic E-state index is 0.117. The van der Waals surface area contributed by atoms with E-state index in [1.165, 1.54) is 6.07 Å². The molecular formula is C14H19N3O4. The molecule has 2 atom stereocenters. The van der Waals surface area contributed by atoms with Crippen molar-refractivity contribution in [3.05, 3.63) is 27.9 Å². The number of aliphatic carboxylic acids is 1. The zero-order valence-corrected chi connectivity index (χ0v) is 11.9. The quantitative estimate of drug-likeness (QED) is 0.502. The fourth-order valence-electron chi connectivity index (χ4n) is 2.75. The number of nitrogens with one attached hydrogen (secondary N) is 1. The van der Waals surface area contributed by atoms with Gasteiger partial charge in [0.25, 0.3) is 0 Å². The molecular weight excluding hydrogens is 274 g/mol. The molecule has 21 heavy (non-hydrogen) atoms. The first kappa shape index (κ1) is 15.2. The Bertz CT molecular complexity index is 547. The van der Waals surface area contributed by atoms with Crippen molar-refractivity contribution in [2.45, 2.75) is 45.1 Å². The van der Waals surface area contributed by atoms with Crippen LogP contribution >= 0.6 is 0 Å². The first-order valence-electron chi connectivity index (χ1n) is 7.10. The molecule has 1 aliphatic carbocycles. The second-order valence-corrected chi connectivity index (χ2v) is 5.41. The van der Waals surface area contributed by atoms with Crippen LogP contribution in [0.3, 0.4) is 0 Å². The van der Waals surface area contributed by atoms with Crippen molar-refractivity contribution >= 4 is 17.5 Å². The van der Waals surface area contributed by atoms with E-state index in [-0.39, 0.29) is 17.5 Å². The summed E-state index contributed by atoms with van der Waals surface area (Å²) in [6, 6.07) is 2.65. The van der Waals surface area contributed by atoms with Crippen LogP contribution in [0.5, 0.6) is 0 Å². The van der Waals surface area contributed by atoms with Crippen molar-refractivity contribution in [1.29, 1.82) is 0 Å². The standard InChI is InChI=1S/C14H19N3O4/c1-9-7-8-12(17(20)21)13(15-9)16-11-6-4-2-3-5-10(11)14(18)19/h7-8,10-11H,2-6H2,1H3,(H,15,16)(H,18,19). The summed E-state index contributed by atoms with van der Waals surface area (Å²) >= 11 is 0. The summed E-state index contributed by atoms with van der Waals surface area (Å²) in [5.41, 5.74) is 0.539. The lowest BCUT2D eigenvalue weighted by Gasteiger charge is -2.23. The van der Waals surface area contributed by atoms with Crippen LogP contribution in [-0.4, -0.2) is 27.0 Å². The zero-order valence-electron chi connectivity index (χ0n) is 11.9. The number of nitro groups is 1. The lowest BCUT2D eigenvalue weighted by molar-refractivity contribution is -0.384. The Hall–Kier alpha value is -2.18. The molecule has 0 aromatic carbocycles. The SMILES string of the molecule is Cc1ccc([N+](=O)[O-])c(NC2CCCCCC2C(=O)O)n1. The van der Waals surface area contributed by atoms with Gasteiger partial charge < -0.3 is 10.4 Å². The lowest BCUT2D eigenvalue weighted by atomic mass is 9.95. The van der Waals surface area contributed by atoms with Crippen LogP contribution in [0.1, 0.15) is 37.8 Å². The van der Waals surface area contributed by atoms with Crippen molar-refractivity contribution in [1.82, 2.24) is 4.98 Å². The highest BCUT2D eigenvalue weighted by Gasteiger charge is 2.31. The maximum atomic E-state index is 11.4. The molecule has 1 aliphatic rings. The smallest absolute Gasteiger partial charge is 0.311 e. The molecule has 1 aromatic heterocycles. The minimum Gasteiger partial charge on any atom is -0.481 e. The van der Waals surface area contributed by atoms with Gasteiger partial charge in [0.05, 0.1) is 10.8 Å². The van der Waals surface area contributed by atoms with Gasteiger partial charge in [0.2, 0.25) is 5.82 Å². The Labute approximate surface area is 122 Å². The van der Waals surface area contributed by atoms with Crippen LogP contribution in [0.4, 0.5) is 11.5 Å². The summed E-state index contributed by atoms with van der Waals surface area (Å²) in [7, 11) is 0. The van der Waals surface area contributed by atoms with Gasteiger partial charge >= 0.3 is 11.7 Å². The summed E-state index contributed by atoms with van der Waals surface area (Å²) in [6.45, 7) is 1.75. The third-order valence-electron chi connectivity index (χ3n) is 3.87. The predicted octanol–water partition coefficient (Wildman–Crippen LogP) is 2.74. The lowest BCUT2D eigenvalue weighted by Crippen LogP contribution is -2.34. The number of aryl methyl sites for hydroxylation is 1. The van der Waals surface area contributed by atoms with Crippen molar-refractivity contribution in [3.63, 3.8) is 0 Å². The Morgan fingerprint density at radius 3 is 2.76 bits per heavy atom. The van der Waals surface area contributed by atoms with Gasteiger partial charge in [-0.15, -0.1) is 0 Å². The fraction of sp³-hybridized carbons (Fsp3) is 0.571. The van der Waals surface area contributed by atoms with Crippen LogP contribution in [0.25, 0.3) is 0 Å². The molecule has 1 saturated carbocycles. The Morgan fingerprint density at radius 1 is 1.38 bits per heavy atom. The molecule has 7 nitrogen and oxygen atoms in total. The molecule has 0 spiro atoms. The number of carbonyl (C=O) groups is 1. The van der Waals surface area contributed by atoms with Crippen LogP contribution in [0.2, 0.25) is 0 Å². The van der Waals surface area contributed by atoms with Crippen LogP contribution in [-0.2, 0) is 4.79 Å². The Balaban J connectivity index is 2.27. The van der Waals surface area contributed by atoms with Gasteiger partial charge in [-0.05, 0) is 25.8 Å². The third kappa shape index (κ3) is 3.68. The van der Waals surface area contributed by atoms with Crippen LogP contribution in [0.15, 0.2) is 12.1 Å². The molecule has 0 saturated heterocycles. The van der Waals surface area contributed by atoms with E-state index in [1.54, 1.807) is 13.0 Å². The maximum Gasteiger partial charge on any atom is 0.311 e. The number of rotatable bonds is 4. The summed E-state index contributed by atoms with van der Waals surface area (Å²) in [5.74, 6) is -1.22. The molecule has 2 unspecified atom stereocenters. The van der Waals surface area contributed by atoms with Crippen molar-refractivity contribution in [3.8, 4) is 0 Å². The van der Waals surface area contributed by atoms with E-state index in [0.29, 0.717) is 18.5 Å². The number of anilines is 1. The van der Waals surface area contributed by atoms with E-state index < -0.39 is 16.8 Å². The van der Waals surface area contributed by atoms with Gasteiger partial charge in [0, 0.05) is 17.8 Å². The molecule has 1 aromatic rings. The van der Waals surface area contributed by atoms with Gasteiger partial charge in [-0.25, -0.2) is 4.98 Å². The zero-order chi connectivity index (χ0) is 15.4. The van der Waals surface area contributed by atoms with E-state index in [2.05, 4.69) is 10.3 Å². The largest absolute Gasteiger partial charge is 0.481 e. The summed E-state index contributed by atoms with van der Waals surface area (Å²) in [6.07, 6.45) is 4.06. The van der Waals surface area contributed by atoms with Crippen LogP contribution < -0.4 is 5.32 Å². The molecule has 0 amide bonds. The summed E-state index contributed by atoms with van der Waals surface area (Å²) in [5, 5.41) is 23.4. The Morgan fingerprint density at radius 2 is 2.10 bits per heavy atom. The topological polar surface area (TPSA) is 105 Å². The summed E-state index contributed by atoms with van der Waals surface area (Å²) < 4.78 is 0. The van der Waals surface area contributed by atoms with Crippen LogP contribution in [0, 0.1) is 23.0 Å². The van der Waals surface area contributed by atoms with Gasteiger partial charge in [0.1, 0.15) is 0 Å². The highest BCUT2D eigenvalue weighted by atomic mass is 16.6. The molecule has 114 valence electrons. The number of carboxylic acids is 1. The molecule has 2 N–H and O–H groups in total. The minimum atomic E-state index is -0.857. The fourth-order valence-corrected chi connectivity index (χ4v) is 2.75. The molecule has 0 aliphatic heterocycles. The predicted molar refractivity (Wildman–Crippen MR) is 77.2 cm³/mol. The van der Waals surface area contributed by atoms with Crippen molar-refractivity contribution in [2.24, 2.45) is 5.92 Å². The van der Waals surface area contributed by atoms with E-state index in [1.807, 2.05) is 0 Å². The number of pyridine rings is 1. The third-order valence-corrected chi connectivity index (χ3v) is 3.87. The summed E-state index contributed by atoms with van der Waals surface area (Å²) in [4.78, 5) is 26.1. The monoisotopic (exact) mass is 293 g/mol.